The lowest BCUT2D eigenvalue weighted by Gasteiger charge is -2.15. The van der Waals surface area contributed by atoms with Gasteiger partial charge in [-0.2, -0.15) is 13.2 Å². The highest BCUT2D eigenvalue weighted by Crippen LogP contribution is 2.31. The molecule has 1 aromatic carbocycles. The molecule has 3 heterocycles. The molecule has 2 aromatic heterocycles. The van der Waals surface area contributed by atoms with Gasteiger partial charge in [0.05, 0.1) is 19.2 Å². The van der Waals surface area contributed by atoms with E-state index in [-0.39, 0.29) is 25.3 Å². The molecule has 1 aliphatic heterocycles. The SMILES string of the molecule is O=c1n(Cc2cccc(NC3COC(C(F)(F)F)C3)c2)nc2ccccn12. The summed E-state index contributed by atoms with van der Waals surface area (Å²) in [7, 11) is 0. The Kier molecular flexibility index (Phi) is 4.39. The van der Waals surface area contributed by atoms with E-state index in [4.69, 9.17) is 4.74 Å². The third-order valence-electron chi connectivity index (χ3n) is 4.48. The van der Waals surface area contributed by atoms with Gasteiger partial charge in [0, 0.05) is 18.3 Å². The van der Waals surface area contributed by atoms with Gasteiger partial charge in [0.25, 0.3) is 0 Å². The number of benzene rings is 1. The maximum absolute atomic E-state index is 12.7. The summed E-state index contributed by atoms with van der Waals surface area (Å²) in [6.45, 7) is 0.267. The highest BCUT2D eigenvalue weighted by Gasteiger charge is 2.45. The van der Waals surface area contributed by atoms with Crippen molar-refractivity contribution in [3.63, 3.8) is 0 Å². The molecule has 0 saturated carbocycles. The minimum atomic E-state index is -4.34. The fraction of sp³-hybridized carbons (Fsp3) is 0.333. The minimum absolute atomic E-state index is 0.000296. The zero-order valence-electron chi connectivity index (χ0n) is 14.2. The molecule has 0 spiro atoms. The average Bonchev–Trinajstić information content (AvgIpc) is 3.21. The van der Waals surface area contributed by atoms with E-state index in [1.165, 1.54) is 9.08 Å². The first-order chi connectivity index (χ1) is 12.9. The van der Waals surface area contributed by atoms with Crippen LogP contribution < -0.4 is 11.0 Å². The first-order valence-corrected chi connectivity index (χ1v) is 8.48. The van der Waals surface area contributed by atoms with E-state index >= 15 is 0 Å². The number of fused-ring (bicyclic) bond motifs is 1. The van der Waals surface area contributed by atoms with Crippen molar-refractivity contribution in [1.29, 1.82) is 0 Å². The van der Waals surface area contributed by atoms with E-state index in [0.29, 0.717) is 11.3 Å². The Balaban J connectivity index is 1.48. The van der Waals surface area contributed by atoms with E-state index in [2.05, 4.69) is 10.4 Å². The van der Waals surface area contributed by atoms with Gasteiger partial charge >= 0.3 is 11.9 Å². The molecule has 1 aliphatic rings. The lowest BCUT2D eigenvalue weighted by atomic mass is 10.1. The standard InChI is InChI=1S/C18H17F3N4O2/c19-18(20,21)15-9-14(11-27-15)22-13-5-3-4-12(8-13)10-25-17(26)24-7-2-1-6-16(24)23-25/h1-8,14-15,22H,9-11H2. The molecule has 0 radical (unpaired) electrons. The van der Waals surface area contributed by atoms with Gasteiger partial charge in [0.2, 0.25) is 0 Å². The van der Waals surface area contributed by atoms with E-state index in [1.54, 1.807) is 42.6 Å². The third kappa shape index (κ3) is 3.68. The number of hydrogen-bond acceptors (Lipinski definition) is 4. The van der Waals surface area contributed by atoms with E-state index in [9.17, 15) is 18.0 Å². The van der Waals surface area contributed by atoms with Crippen molar-refractivity contribution in [3.8, 4) is 0 Å². The second-order valence-electron chi connectivity index (χ2n) is 6.51. The molecular weight excluding hydrogens is 361 g/mol. The van der Waals surface area contributed by atoms with E-state index in [0.717, 1.165) is 5.56 Å². The van der Waals surface area contributed by atoms with Crippen molar-refractivity contribution in [2.45, 2.75) is 31.3 Å². The number of halogens is 3. The summed E-state index contributed by atoms with van der Waals surface area (Å²) in [5, 5.41) is 7.35. The van der Waals surface area contributed by atoms with Crippen LogP contribution in [0.15, 0.2) is 53.5 Å². The highest BCUT2D eigenvalue weighted by atomic mass is 19.4. The Morgan fingerprint density at radius 3 is 2.81 bits per heavy atom. The number of nitrogens with zero attached hydrogens (tertiary/aromatic N) is 3. The van der Waals surface area contributed by atoms with Crippen LogP contribution in [0.5, 0.6) is 0 Å². The fourth-order valence-electron chi connectivity index (χ4n) is 3.19. The van der Waals surface area contributed by atoms with Crippen molar-refractivity contribution < 1.29 is 17.9 Å². The second kappa shape index (κ2) is 6.73. The van der Waals surface area contributed by atoms with Crippen LogP contribution in [0.2, 0.25) is 0 Å². The van der Waals surface area contributed by atoms with Crippen LogP contribution in [0.3, 0.4) is 0 Å². The number of ether oxygens (including phenoxy) is 1. The van der Waals surface area contributed by atoms with Gasteiger partial charge in [0.15, 0.2) is 11.8 Å². The quantitative estimate of drug-likeness (QED) is 0.758. The van der Waals surface area contributed by atoms with Crippen LogP contribution >= 0.6 is 0 Å². The van der Waals surface area contributed by atoms with Crippen LogP contribution in [0.25, 0.3) is 5.65 Å². The summed E-state index contributed by atoms with van der Waals surface area (Å²) >= 11 is 0. The smallest absolute Gasteiger partial charge is 0.380 e. The zero-order chi connectivity index (χ0) is 19.0. The van der Waals surface area contributed by atoms with Crippen molar-refractivity contribution in [1.82, 2.24) is 14.2 Å². The molecule has 0 bridgehead atoms. The van der Waals surface area contributed by atoms with Gasteiger partial charge in [-0.25, -0.2) is 9.48 Å². The van der Waals surface area contributed by atoms with Crippen LogP contribution in [-0.2, 0) is 11.3 Å². The maximum Gasteiger partial charge on any atom is 0.414 e. The molecule has 3 aromatic rings. The molecule has 1 N–H and O–H groups in total. The number of aromatic nitrogens is 3. The number of hydrogen-bond donors (Lipinski definition) is 1. The summed E-state index contributed by atoms with van der Waals surface area (Å²) in [5.74, 6) is 0. The van der Waals surface area contributed by atoms with Crippen molar-refractivity contribution in [2.75, 3.05) is 11.9 Å². The first kappa shape index (κ1) is 17.6. The van der Waals surface area contributed by atoms with Crippen molar-refractivity contribution in [3.05, 3.63) is 64.7 Å². The Labute approximate surface area is 152 Å². The van der Waals surface area contributed by atoms with Gasteiger partial charge in [-0.15, -0.1) is 5.10 Å². The first-order valence-electron chi connectivity index (χ1n) is 8.48. The minimum Gasteiger partial charge on any atom is -0.380 e. The molecular formula is C18H17F3N4O2. The van der Waals surface area contributed by atoms with Crippen LogP contribution in [0.4, 0.5) is 18.9 Å². The Morgan fingerprint density at radius 1 is 1.22 bits per heavy atom. The summed E-state index contributed by atoms with van der Waals surface area (Å²) < 4.78 is 45.8. The Morgan fingerprint density at radius 2 is 2.07 bits per heavy atom. The highest BCUT2D eigenvalue weighted by molar-refractivity contribution is 5.47. The lowest BCUT2D eigenvalue weighted by Crippen LogP contribution is -2.29. The fourth-order valence-corrected chi connectivity index (χ4v) is 3.19. The summed E-state index contributed by atoms with van der Waals surface area (Å²) in [6, 6.07) is 12.1. The molecule has 0 amide bonds. The largest absolute Gasteiger partial charge is 0.414 e. The summed E-state index contributed by atoms with van der Waals surface area (Å²) in [4.78, 5) is 12.4. The topological polar surface area (TPSA) is 60.6 Å². The maximum atomic E-state index is 12.7. The van der Waals surface area contributed by atoms with E-state index in [1.807, 2.05) is 6.07 Å². The predicted molar refractivity (Wildman–Crippen MR) is 92.8 cm³/mol. The van der Waals surface area contributed by atoms with Gasteiger partial charge in [-0.3, -0.25) is 4.40 Å². The van der Waals surface area contributed by atoms with Crippen molar-refractivity contribution >= 4 is 11.3 Å². The van der Waals surface area contributed by atoms with Gasteiger partial charge < -0.3 is 10.1 Å². The Hall–Kier alpha value is -2.81. The normalized spacial score (nSPS) is 20.3. The molecule has 9 heteroatoms. The van der Waals surface area contributed by atoms with Gasteiger partial charge in [0.1, 0.15) is 0 Å². The summed E-state index contributed by atoms with van der Waals surface area (Å²) in [6.07, 6.45) is -4.55. The monoisotopic (exact) mass is 378 g/mol. The zero-order valence-corrected chi connectivity index (χ0v) is 14.2. The van der Waals surface area contributed by atoms with Crippen molar-refractivity contribution in [2.24, 2.45) is 0 Å². The van der Waals surface area contributed by atoms with Crippen LogP contribution in [0, 0.1) is 0 Å². The predicted octanol–water partition coefficient (Wildman–Crippen LogP) is 2.68. The molecule has 0 aliphatic carbocycles. The lowest BCUT2D eigenvalue weighted by molar-refractivity contribution is -0.206. The molecule has 2 atom stereocenters. The van der Waals surface area contributed by atoms with E-state index < -0.39 is 18.3 Å². The van der Waals surface area contributed by atoms with Gasteiger partial charge in [-0.1, -0.05) is 18.2 Å². The van der Waals surface area contributed by atoms with Gasteiger partial charge in [-0.05, 0) is 29.8 Å². The molecule has 142 valence electrons. The van der Waals surface area contributed by atoms with Crippen LogP contribution in [0.1, 0.15) is 12.0 Å². The number of nitrogens with one attached hydrogen (secondary N) is 1. The molecule has 1 fully saturated rings. The molecule has 27 heavy (non-hydrogen) atoms. The molecule has 6 nitrogen and oxygen atoms in total. The number of rotatable bonds is 4. The number of pyridine rings is 1. The third-order valence-corrected chi connectivity index (χ3v) is 4.48. The molecule has 4 rings (SSSR count). The summed E-state index contributed by atoms with van der Waals surface area (Å²) in [5.41, 5.74) is 1.80. The molecule has 1 saturated heterocycles. The van der Waals surface area contributed by atoms with Crippen LogP contribution in [-0.4, -0.2) is 39.1 Å². The average molecular weight is 378 g/mol. The number of alkyl halides is 3. The second-order valence-corrected chi connectivity index (χ2v) is 6.51. The number of anilines is 1. The molecule has 2 unspecified atom stereocenters. The Bertz CT molecular complexity index is 1010.